The lowest BCUT2D eigenvalue weighted by molar-refractivity contribution is 0.115. The first-order valence-corrected chi connectivity index (χ1v) is 3.91. The number of phenols is 1. The summed E-state index contributed by atoms with van der Waals surface area (Å²) in [5.74, 6) is 0.761. The Bertz CT molecular complexity index is 296. The van der Waals surface area contributed by atoms with Crippen molar-refractivity contribution in [2.45, 2.75) is 12.5 Å². The Kier molecular flexibility index (Phi) is 1.66. The van der Waals surface area contributed by atoms with Crippen molar-refractivity contribution in [3.05, 3.63) is 23.8 Å². The predicted octanol–water partition coefficient (Wildman–Crippen LogP) is 1.21. The predicted molar refractivity (Wildman–Crippen MR) is 43.2 cm³/mol. The van der Waals surface area contributed by atoms with Gasteiger partial charge >= 0.3 is 0 Å². The molecule has 0 aromatic heterocycles. The number of ether oxygens (including phenoxy) is 1. The molecule has 0 saturated carbocycles. The van der Waals surface area contributed by atoms with E-state index >= 15 is 0 Å². The second kappa shape index (κ2) is 2.68. The second-order valence-corrected chi connectivity index (χ2v) is 2.88. The van der Waals surface area contributed by atoms with Crippen LogP contribution in [0.5, 0.6) is 11.5 Å². The van der Waals surface area contributed by atoms with Gasteiger partial charge in [0.15, 0.2) is 0 Å². The molecule has 3 heteroatoms. The SMILES string of the molecule is Oc1ccc2c(c1)OCC[C@H]2O. The fourth-order valence-corrected chi connectivity index (χ4v) is 1.36. The maximum atomic E-state index is 9.49. The van der Waals surface area contributed by atoms with Gasteiger partial charge in [-0.3, -0.25) is 0 Å². The highest BCUT2D eigenvalue weighted by Crippen LogP contribution is 2.33. The van der Waals surface area contributed by atoms with Gasteiger partial charge in [0.05, 0.1) is 12.7 Å². The summed E-state index contributed by atoms with van der Waals surface area (Å²) in [5, 5.41) is 18.6. The summed E-state index contributed by atoms with van der Waals surface area (Å²) >= 11 is 0. The summed E-state index contributed by atoms with van der Waals surface area (Å²) in [7, 11) is 0. The summed E-state index contributed by atoms with van der Waals surface area (Å²) in [6, 6.07) is 4.77. The number of hydrogen-bond donors (Lipinski definition) is 2. The largest absolute Gasteiger partial charge is 0.508 e. The lowest BCUT2D eigenvalue weighted by Gasteiger charge is -2.21. The van der Waals surface area contributed by atoms with E-state index in [1.54, 1.807) is 12.1 Å². The van der Waals surface area contributed by atoms with Gasteiger partial charge in [0.1, 0.15) is 11.5 Å². The topological polar surface area (TPSA) is 49.7 Å². The van der Waals surface area contributed by atoms with Gasteiger partial charge in [0.25, 0.3) is 0 Å². The number of aliphatic hydroxyl groups excluding tert-OH is 1. The Morgan fingerprint density at radius 3 is 3.08 bits per heavy atom. The van der Waals surface area contributed by atoms with Gasteiger partial charge in [0.2, 0.25) is 0 Å². The summed E-state index contributed by atoms with van der Waals surface area (Å²) in [6.07, 6.45) is 0.173. The number of fused-ring (bicyclic) bond motifs is 1. The van der Waals surface area contributed by atoms with Gasteiger partial charge in [-0.15, -0.1) is 0 Å². The van der Waals surface area contributed by atoms with E-state index in [9.17, 15) is 5.11 Å². The highest BCUT2D eigenvalue weighted by Gasteiger charge is 2.18. The maximum absolute atomic E-state index is 9.49. The Hall–Kier alpha value is -1.22. The molecular weight excluding hydrogens is 156 g/mol. The van der Waals surface area contributed by atoms with Gasteiger partial charge in [0, 0.05) is 18.1 Å². The van der Waals surface area contributed by atoms with Crippen molar-refractivity contribution in [3.63, 3.8) is 0 Å². The number of phenolic OH excluding ortho intramolecular Hbond substituents is 1. The Morgan fingerprint density at radius 2 is 2.25 bits per heavy atom. The van der Waals surface area contributed by atoms with Crippen molar-refractivity contribution in [3.8, 4) is 11.5 Å². The van der Waals surface area contributed by atoms with Gasteiger partial charge in [-0.2, -0.15) is 0 Å². The monoisotopic (exact) mass is 166 g/mol. The van der Waals surface area contributed by atoms with Crippen LogP contribution in [-0.4, -0.2) is 16.8 Å². The molecule has 0 saturated heterocycles. The molecule has 0 aliphatic carbocycles. The molecule has 1 aromatic rings. The van der Waals surface area contributed by atoms with E-state index in [-0.39, 0.29) is 5.75 Å². The standard InChI is InChI=1S/C9H10O3/c10-6-1-2-7-8(11)3-4-12-9(7)5-6/h1-2,5,8,10-11H,3-4H2/t8-/m1/s1. The molecule has 1 aliphatic heterocycles. The smallest absolute Gasteiger partial charge is 0.128 e. The third-order valence-corrected chi connectivity index (χ3v) is 2.00. The highest BCUT2D eigenvalue weighted by molar-refractivity contribution is 5.42. The first-order valence-electron chi connectivity index (χ1n) is 3.91. The van der Waals surface area contributed by atoms with Crippen molar-refractivity contribution in [1.29, 1.82) is 0 Å². The molecule has 2 N–H and O–H groups in total. The van der Waals surface area contributed by atoms with Gasteiger partial charge in [-0.05, 0) is 12.1 Å². The summed E-state index contributed by atoms with van der Waals surface area (Å²) in [5.41, 5.74) is 0.763. The molecule has 0 unspecified atom stereocenters. The minimum Gasteiger partial charge on any atom is -0.508 e. The van der Waals surface area contributed by atoms with E-state index in [0.717, 1.165) is 5.56 Å². The van der Waals surface area contributed by atoms with Gasteiger partial charge in [-0.1, -0.05) is 0 Å². The van der Waals surface area contributed by atoms with Crippen LogP contribution in [0.3, 0.4) is 0 Å². The Morgan fingerprint density at radius 1 is 1.42 bits per heavy atom. The zero-order chi connectivity index (χ0) is 8.55. The first kappa shape index (κ1) is 7.43. The molecule has 0 spiro atoms. The fraction of sp³-hybridized carbons (Fsp3) is 0.333. The number of benzene rings is 1. The minimum atomic E-state index is -0.450. The average molecular weight is 166 g/mol. The highest BCUT2D eigenvalue weighted by atomic mass is 16.5. The maximum Gasteiger partial charge on any atom is 0.128 e. The molecular formula is C9H10O3. The van der Waals surface area contributed by atoms with E-state index in [1.165, 1.54) is 6.07 Å². The van der Waals surface area contributed by atoms with Crippen LogP contribution in [0.4, 0.5) is 0 Å². The zero-order valence-electron chi connectivity index (χ0n) is 6.53. The molecule has 1 heterocycles. The van der Waals surface area contributed by atoms with Crippen LogP contribution in [-0.2, 0) is 0 Å². The molecule has 12 heavy (non-hydrogen) atoms. The van der Waals surface area contributed by atoms with Crippen molar-refractivity contribution in [1.82, 2.24) is 0 Å². The summed E-state index contributed by atoms with van der Waals surface area (Å²) in [6.45, 7) is 0.512. The van der Waals surface area contributed by atoms with Crippen LogP contribution >= 0.6 is 0 Å². The zero-order valence-corrected chi connectivity index (χ0v) is 6.53. The van der Waals surface area contributed by atoms with Crippen LogP contribution in [0.1, 0.15) is 18.1 Å². The van der Waals surface area contributed by atoms with Crippen molar-refractivity contribution in [2.24, 2.45) is 0 Å². The van der Waals surface area contributed by atoms with E-state index < -0.39 is 6.10 Å². The van der Waals surface area contributed by atoms with Crippen molar-refractivity contribution >= 4 is 0 Å². The first-order chi connectivity index (χ1) is 5.77. The minimum absolute atomic E-state index is 0.169. The number of aliphatic hydroxyl groups is 1. The fourth-order valence-electron chi connectivity index (χ4n) is 1.36. The molecule has 3 nitrogen and oxygen atoms in total. The van der Waals surface area contributed by atoms with E-state index in [4.69, 9.17) is 9.84 Å². The van der Waals surface area contributed by atoms with E-state index in [0.29, 0.717) is 18.8 Å². The molecule has 1 aromatic carbocycles. The summed E-state index contributed by atoms with van der Waals surface area (Å²) in [4.78, 5) is 0. The van der Waals surface area contributed by atoms with Crippen LogP contribution in [0.15, 0.2) is 18.2 Å². The van der Waals surface area contributed by atoms with Crippen LogP contribution < -0.4 is 4.74 Å². The average Bonchev–Trinajstić information content (AvgIpc) is 2.04. The lowest BCUT2D eigenvalue weighted by Crippen LogP contribution is -2.13. The third-order valence-electron chi connectivity index (χ3n) is 2.00. The van der Waals surface area contributed by atoms with Crippen molar-refractivity contribution in [2.75, 3.05) is 6.61 Å². The third kappa shape index (κ3) is 1.12. The molecule has 0 amide bonds. The van der Waals surface area contributed by atoms with Crippen molar-refractivity contribution < 1.29 is 14.9 Å². The molecule has 64 valence electrons. The van der Waals surface area contributed by atoms with E-state index in [1.807, 2.05) is 0 Å². The normalized spacial score (nSPS) is 21.2. The Balaban J connectivity index is 2.46. The number of hydrogen-bond acceptors (Lipinski definition) is 3. The molecule has 1 aliphatic rings. The molecule has 0 bridgehead atoms. The summed E-state index contributed by atoms with van der Waals surface area (Å²) < 4.78 is 5.25. The molecule has 2 rings (SSSR count). The lowest BCUT2D eigenvalue weighted by atomic mass is 10.0. The Labute approximate surface area is 70.2 Å². The number of aromatic hydroxyl groups is 1. The van der Waals surface area contributed by atoms with Gasteiger partial charge < -0.3 is 14.9 Å². The second-order valence-electron chi connectivity index (χ2n) is 2.88. The van der Waals surface area contributed by atoms with Crippen LogP contribution in [0.2, 0.25) is 0 Å². The van der Waals surface area contributed by atoms with Crippen LogP contribution in [0.25, 0.3) is 0 Å². The molecule has 0 fully saturated rings. The van der Waals surface area contributed by atoms with Gasteiger partial charge in [-0.25, -0.2) is 0 Å². The number of rotatable bonds is 0. The molecule has 0 radical (unpaired) electrons. The molecule has 1 atom stereocenters. The quantitative estimate of drug-likeness (QED) is 0.609. The van der Waals surface area contributed by atoms with E-state index in [2.05, 4.69) is 0 Å². The van der Waals surface area contributed by atoms with Crippen LogP contribution in [0, 0.1) is 0 Å².